The van der Waals surface area contributed by atoms with Gasteiger partial charge < -0.3 is 19.9 Å². The molecule has 1 heterocycles. The number of benzene rings is 1. The van der Waals surface area contributed by atoms with Gasteiger partial charge in [-0.1, -0.05) is 11.6 Å². The number of primary sulfonamides is 1. The van der Waals surface area contributed by atoms with Gasteiger partial charge in [0.25, 0.3) is 0 Å². The summed E-state index contributed by atoms with van der Waals surface area (Å²) in [5, 5.41) is 11.9. The van der Waals surface area contributed by atoms with Crippen LogP contribution in [0.2, 0.25) is 5.02 Å². The second kappa shape index (κ2) is 10.1. The van der Waals surface area contributed by atoms with Crippen molar-refractivity contribution in [1.82, 2.24) is 9.62 Å². The molecule has 0 saturated carbocycles. The van der Waals surface area contributed by atoms with Crippen molar-refractivity contribution in [2.45, 2.75) is 22.4 Å². The van der Waals surface area contributed by atoms with E-state index in [1.54, 1.807) is 0 Å². The van der Waals surface area contributed by atoms with Crippen molar-refractivity contribution in [3.63, 3.8) is 0 Å². The van der Waals surface area contributed by atoms with Crippen LogP contribution in [-0.4, -0.2) is 60.1 Å². The molecule has 1 aromatic carbocycles. The minimum absolute atomic E-state index is 0.0394. The number of sulfonamides is 2. The number of halogens is 1. The van der Waals surface area contributed by atoms with Crippen LogP contribution in [0.15, 0.2) is 32.6 Å². The Morgan fingerprint density at radius 3 is 2.29 bits per heavy atom. The van der Waals surface area contributed by atoms with Crippen LogP contribution in [-0.2, 0) is 34.5 Å². The van der Waals surface area contributed by atoms with Crippen molar-refractivity contribution < 1.29 is 31.3 Å². The topological polar surface area (TPSA) is 216 Å². The number of amides is 1. The van der Waals surface area contributed by atoms with Gasteiger partial charge in [-0.2, -0.15) is 4.72 Å². The number of fused-ring (bicyclic) bond motifs is 1. The summed E-state index contributed by atoms with van der Waals surface area (Å²) in [6.45, 7) is -0.705. The van der Waals surface area contributed by atoms with Gasteiger partial charge in [0, 0.05) is 0 Å². The van der Waals surface area contributed by atoms with Gasteiger partial charge >= 0.3 is 0 Å². The fraction of sp³-hybridized carbons (Fsp3) is 0.462. The molecule has 172 valence electrons. The molecule has 2 rings (SSSR count). The van der Waals surface area contributed by atoms with Crippen LogP contribution in [0.25, 0.3) is 0 Å². The van der Waals surface area contributed by atoms with Crippen LogP contribution in [0.4, 0.5) is 5.69 Å². The fourth-order valence-electron chi connectivity index (χ4n) is 2.69. The largest absolute Gasteiger partial charge is 0.367 e. The summed E-state index contributed by atoms with van der Waals surface area (Å²) in [6.07, 6.45) is -1.53. The van der Waals surface area contributed by atoms with Crippen LogP contribution in [0.3, 0.4) is 0 Å². The summed E-state index contributed by atoms with van der Waals surface area (Å²) in [7, 11) is -8.51. The lowest BCUT2D eigenvalue weighted by Gasteiger charge is -2.30. The fourth-order valence-corrected chi connectivity index (χ4v) is 5.19. The zero-order valence-corrected chi connectivity index (χ0v) is 17.9. The van der Waals surface area contributed by atoms with E-state index in [2.05, 4.69) is 30.4 Å². The van der Waals surface area contributed by atoms with Crippen LogP contribution in [0.1, 0.15) is 6.42 Å². The van der Waals surface area contributed by atoms with Gasteiger partial charge in [-0.15, -0.1) is 9.81 Å². The Morgan fingerprint density at radius 1 is 1.19 bits per heavy atom. The second-order valence-corrected chi connectivity index (χ2v) is 9.66. The molecule has 0 radical (unpaired) electrons. The van der Waals surface area contributed by atoms with Crippen molar-refractivity contribution in [2.75, 3.05) is 31.6 Å². The van der Waals surface area contributed by atoms with Gasteiger partial charge in [-0.05, 0) is 12.1 Å². The molecule has 1 unspecified atom stereocenters. The standard InChI is InChI=1S/C13H17ClN6O9S2/c14-8-5-9-11(6-10(8)30(15,24)25)31(26,27)17-12(16-9)7-13(21)20(1-3-28-18-22)2-4-29-19-23/h5-6,12,16-17H,1-4,7H2,(H2,15,24,25). The Balaban J connectivity index is 2.21. The molecule has 1 amide bonds. The van der Waals surface area contributed by atoms with Crippen molar-refractivity contribution in [2.24, 2.45) is 15.8 Å². The first-order chi connectivity index (χ1) is 14.5. The Morgan fingerprint density at radius 2 is 1.77 bits per heavy atom. The van der Waals surface area contributed by atoms with Gasteiger partial charge in [0.2, 0.25) is 26.0 Å². The summed E-state index contributed by atoms with van der Waals surface area (Å²) in [5.74, 6) is -0.597. The second-order valence-electron chi connectivity index (χ2n) is 6.04. The highest BCUT2D eigenvalue weighted by Crippen LogP contribution is 2.34. The monoisotopic (exact) mass is 500 g/mol. The molecular formula is C13H17ClN6O9S2. The number of hydrogen-bond donors (Lipinski definition) is 3. The molecule has 0 spiro atoms. The average molecular weight is 501 g/mol. The number of rotatable bonds is 11. The molecule has 31 heavy (non-hydrogen) atoms. The Hall–Kier alpha value is -2.60. The van der Waals surface area contributed by atoms with E-state index >= 15 is 0 Å². The van der Waals surface area contributed by atoms with E-state index in [1.165, 1.54) is 0 Å². The van der Waals surface area contributed by atoms with Gasteiger partial charge in [0.1, 0.15) is 23.0 Å². The number of nitrogens with two attached hydrogens (primary N) is 1. The molecular weight excluding hydrogens is 484 g/mol. The highest BCUT2D eigenvalue weighted by atomic mass is 35.5. The third-order valence-electron chi connectivity index (χ3n) is 4.00. The average Bonchev–Trinajstić information content (AvgIpc) is 2.64. The molecule has 0 fully saturated rings. The van der Waals surface area contributed by atoms with Crippen molar-refractivity contribution >= 4 is 43.2 Å². The van der Waals surface area contributed by atoms with Gasteiger partial charge in [0.15, 0.2) is 10.7 Å². The van der Waals surface area contributed by atoms with E-state index < -0.39 is 48.3 Å². The minimum Gasteiger partial charge on any atom is -0.367 e. The molecule has 1 aliphatic heterocycles. The molecule has 15 nitrogen and oxygen atoms in total. The first-order valence-electron chi connectivity index (χ1n) is 8.32. The van der Waals surface area contributed by atoms with E-state index in [4.69, 9.17) is 16.7 Å². The molecule has 1 aromatic rings. The SMILES string of the molecule is NS(=O)(=O)c1cc2c(cc1Cl)NC(CC(=O)N(CCON=O)CCON=O)NS2(=O)=O. The molecule has 1 aliphatic rings. The number of hydrogen-bond acceptors (Lipinski definition) is 12. The Bertz CT molecular complexity index is 1050. The Kier molecular flexibility index (Phi) is 8.07. The minimum atomic E-state index is -4.28. The van der Waals surface area contributed by atoms with Crippen molar-refractivity contribution in [1.29, 1.82) is 0 Å². The van der Waals surface area contributed by atoms with Gasteiger partial charge in [-0.3, -0.25) is 4.79 Å². The molecule has 1 atom stereocenters. The smallest absolute Gasteiger partial charge is 0.244 e. The summed E-state index contributed by atoms with van der Waals surface area (Å²) >= 11 is 5.90. The third-order valence-corrected chi connectivity index (χ3v) is 6.89. The van der Waals surface area contributed by atoms with Gasteiger partial charge in [-0.25, -0.2) is 22.0 Å². The molecule has 0 saturated heterocycles. The zero-order valence-electron chi connectivity index (χ0n) is 15.6. The normalized spacial score (nSPS) is 17.0. The number of carbonyl (C=O) groups excluding carboxylic acids is 1. The maximum absolute atomic E-state index is 12.6. The lowest BCUT2D eigenvalue weighted by atomic mass is 10.2. The first-order valence-corrected chi connectivity index (χ1v) is 11.7. The van der Waals surface area contributed by atoms with Crippen LogP contribution in [0.5, 0.6) is 0 Å². The summed E-state index contributed by atoms with van der Waals surface area (Å²) in [4.78, 5) is 41.4. The van der Waals surface area contributed by atoms with Crippen LogP contribution in [0, 0.1) is 9.81 Å². The lowest BCUT2D eigenvalue weighted by Crippen LogP contribution is -2.48. The van der Waals surface area contributed by atoms with Crippen LogP contribution >= 0.6 is 11.6 Å². The predicted octanol–water partition coefficient (Wildman–Crippen LogP) is -0.368. The molecule has 0 aromatic heterocycles. The van der Waals surface area contributed by atoms with E-state index in [1.807, 2.05) is 0 Å². The highest BCUT2D eigenvalue weighted by Gasteiger charge is 2.33. The van der Waals surface area contributed by atoms with Crippen LogP contribution < -0.4 is 15.2 Å². The summed E-state index contributed by atoms with van der Waals surface area (Å²) in [6, 6.07) is 1.87. The van der Waals surface area contributed by atoms with E-state index in [0.717, 1.165) is 17.0 Å². The maximum atomic E-state index is 12.6. The molecule has 4 N–H and O–H groups in total. The number of anilines is 1. The maximum Gasteiger partial charge on any atom is 0.244 e. The van der Waals surface area contributed by atoms with E-state index in [9.17, 15) is 31.4 Å². The van der Waals surface area contributed by atoms with E-state index in [-0.39, 0.29) is 37.0 Å². The third kappa shape index (κ3) is 6.44. The lowest BCUT2D eigenvalue weighted by molar-refractivity contribution is -0.133. The highest BCUT2D eigenvalue weighted by molar-refractivity contribution is 7.90. The van der Waals surface area contributed by atoms with Crippen molar-refractivity contribution in [3.05, 3.63) is 27.0 Å². The molecule has 0 bridgehead atoms. The zero-order chi connectivity index (χ0) is 23.2. The Labute approximate surface area is 181 Å². The predicted molar refractivity (Wildman–Crippen MR) is 105 cm³/mol. The quantitative estimate of drug-likeness (QED) is 0.203. The van der Waals surface area contributed by atoms with E-state index in [0.29, 0.717) is 0 Å². The number of nitrogens with one attached hydrogen (secondary N) is 2. The summed E-state index contributed by atoms with van der Waals surface area (Å²) < 4.78 is 50.5. The number of nitrogens with zero attached hydrogens (tertiary/aromatic N) is 3. The first kappa shape index (κ1) is 24.7. The number of carbonyl (C=O) groups is 1. The molecule has 18 heteroatoms. The van der Waals surface area contributed by atoms with Gasteiger partial charge in [0.05, 0.1) is 36.4 Å². The summed E-state index contributed by atoms with van der Waals surface area (Å²) in [5.41, 5.74) is -0.0394. The van der Waals surface area contributed by atoms with Crippen molar-refractivity contribution in [3.8, 4) is 0 Å². The molecule has 0 aliphatic carbocycles.